The lowest BCUT2D eigenvalue weighted by atomic mass is 9.89. The van der Waals surface area contributed by atoms with Crippen LogP contribution in [0.5, 0.6) is 0 Å². The van der Waals surface area contributed by atoms with Gasteiger partial charge in [-0.05, 0) is 58.6 Å². The topological polar surface area (TPSA) is 157 Å². The highest BCUT2D eigenvalue weighted by Crippen LogP contribution is 2.50. The van der Waals surface area contributed by atoms with Crippen molar-refractivity contribution in [2.24, 2.45) is 7.05 Å². The molecule has 4 N–H and O–H groups in total. The van der Waals surface area contributed by atoms with Crippen molar-refractivity contribution in [2.45, 2.75) is 69.8 Å². The third kappa shape index (κ3) is 5.79. The Morgan fingerprint density at radius 2 is 1.86 bits per heavy atom. The fourth-order valence-corrected chi connectivity index (χ4v) is 6.45. The molecule has 42 heavy (non-hydrogen) atoms. The fraction of sp³-hybridized carbons (Fsp3) is 0.444. The number of nitrogens with zero attached hydrogens (tertiary/aromatic N) is 3. The first-order valence-electron chi connectivity index (χ1n) is 13.2. The summed E-state index contributed by atoms with van der Waals surface area (Å²) < 4.78 is 42.5. The summed E-state index contributed by atoms with van der Waals surface area (Å²) in [6.45, 7) is 4.99. The Kier molecular flexibility index (Phi) is 7.66. The molecule has 15 heteroatoms. The van der Waals surface area contributed by atoms with Crippen molar-refractivity contribution >= 4 is 40.1 Å². The van der Waals surface area contributed by atoms with Gasteiger partial charge in [0.1, 0.15) is 32.8 Å². The van der Waals surface area contributed by atoms with E-state index in [9.17, 15) is 23.2 Å². The summed E-state index contributed by atoms with van der Waals surface area (Å²) in [6.07, 6.45) is 1.32. The van der Waals surface area contributed by atoms with E-state index in [1.165, 1.54) is 12.3 Å². The van der Waals surface area contributed by atoms with Crippen molar-refractivity contribution < 1.29 is 37.7 Å². The molecule has 0 spiro atoms. The number of nitrogens with one attached hydrogen (secondary N) is 3. The van der Waals surface area contributed by atoms with Crippen LogP contribution < -0.4 is 16.0 Å². The minimum atomic E-state index is -1.12. The summed E-state index contributed by atoms with van der Waals surface area (Å²) in [4.78, 5) is 41.6. The number of amides is 3. The first-order valence-corrected chi connectivity index (χ1v) is 14.0. The summed E-state index contributed by atoms with van der Waals surface area (Å²) in [6, 6.07) is 2.99. The predicted octanol–water partition coefficient (Wildman–Crippen LogP) is 5.23. The molecule has 2 saturated heterocycles. The number of ether oxygens (including phenoxy) is 2. The molecule has 2 fully saturated rings. The minimum absolute atomic E-state index is 0.0690. The molecule has 4 heterocycles. The van der Waals surface area contributed by atoms with E-state index < -0.39 is 46.5 Å². The van der Waals surface area contributed by atoms with E-state index in [-0.39, 0.29) is 27.8 Å². The Hall–Kier alpha value is -4.11. The smallest absolute Gasteiger partial charge is 0.412 e. The van der Waals surface area contributed by atoms with Gasteiger partial charge >= 0.3 is 12.2 Å². The summed E-state index contributed by atoms with van der Waals surface area (Å²) in [5.41, 5.74) is -1.47. The number of thiazole rings is 1. The summed E-state index contributed by atoms with van der Waals surface area (Å²) in [7, 11) is 1.70. The molecule has 224 valence electrons. The van der Waals surface area contributed by atoms with Crippen LogP contribution >= 0.6 is 11.3 Å². The molecule has 3 amide bonds. The Morgan fingerprint density at radius 3 is 2.52 bits per heavy atom. The molecule has 2 aliphatic heterocycles. The number of hydrogen-bond donors (Lipinski definition) is 4. The molecule has 3 unspecified atom stereocenters. The highest BCUT2D eigenvalue weighted by Gasteiger charge is 2.51. The van der Waals surface area contributed by atoms with E-state index in [0.29, 0.717) is 37.1 Å². The first kappa shape index (κ1) is 29.4. The van der Waals surface area contributed by atoms with Gasteiger partial charge in [-0.15, -0.1) is 0 Å². The molecule has 1 aromatic carbocycles. The Morgan fingerprint density at radius 1 is 1.17 bits per heavy atom. The van der Waals surface area contributed by atoms with Gasteiger partial charge in [0.2, 0.25) is 0 Å². The maximum atomic E-state index is 14.6. The van der Waals surface area contributed by atoms with Gasteiger partial charge in [0.15, 0.2) is 5.69 Å². The van der Waals surface area contributed by atoms with Gasteiger partial charge < -0.3 is 25.2 Å². The number of fused-ring (bicyclic) bond motifs is 2. The molecular weight excluding hydrogens is 574 g/mol. The van der Waals surface area contributed by atoms with Gasteiger partial charge in [0, 0.05) is 7.05 Å². The molecule has 2 bridgehead atoms. The molecule has 5 rings (SSSR count). The van der Waals surface area contributed by atoms with Crippen molar-refractivity contribution in [1.29, 1.82) is 0 Å². The van der Waals surface area contributed by atoms with Crippen molar-refractivity contribution in [1.82, 2.24) is 20.1 Å². The third-order valence-electron chi connectivity index (χ3n) is 7.08. The van der Waals surface area contributed by atoms with Crippen LogP contribution in [0.15, 0.2) is 24.4 Å². The Labute approximate surface area is 243 Å². The lowest BCUT2D eigenvalue weighted by Crippen LogP contribution is -2.48. The van der Waals surface area contributed by atoms with E-state index >= 15 is 0 Å². The van der Waals surface area contributed by atoms with Crippen LogP contribution in [0.25, 0.3) is 10.6 Å². The molecule has 3 atom stereocenters. The monoisotopic (exact) mass is 604 g/mol. The average Bonchev–Trinajstić information content (AvgIpc) is 3.56. The van der Waals surface area contributed by atoms with Crippen LogP contribution in [-0.2, 0) is 22.1 Å². The van der Waals surface area contributed by atoms with Crippen molar-refractivity contribution in [3.63, 3.8) is 0 Å². The quantitative estimate of drug-likeness (QED) is 0.298. The fourth-order valence-electron chi connectivity index (χ4n) is 5.46. The number of halogens is 2. The standard InChI is InChI=1S/C27H30F2N6O6S/c1-26(2,3)41-25(39)34-23-19(33-22(42-23)18-13(28)6-5-7-14(18)29)21(36)31-16-12-30-35(4)20(16)27-10-8-15(32-24(37)38)17(40-27)9-11-27/h5-7,12,15,17,32H,8-11H2,1-4H3,(H,31,36)(H,34,39)(H,37,38). The Bertz CT molecular complexity index is 1530. The number of aryl methyl sites for hydroxylation is 1. The van der Waals surface area contributed by atoms with Crippen LogP contribution in [0.2, 0.25) is 0 Å². The molecule has 2 aromatic heterocycles. The highest BCUT2D eigenvalue weighted by molar-refractivity contribution is 7.19. The summed E-state index contributed by atoms with van der Waals surface area (Å²) >= 11 is 0.723. The first-order chi connectivity index (χ1) is 19.8. The van der Waals surface area contributed by atoms with Gasteiger partial charge in [0.25, 0.3) is 5.91 Å². The van der Waals surface area contributed by atoms with Crippen LogP contribution in [0.4, 0.5) is 29.1 Å². The van der Waals surface area contributed by atoms with Crippen molar-refractivity contribution in [3.05, 3.63) is 47.4 Å². The molecule has 12 nitrogen and oxygen atoms in total. The molecule has 3 aromatic rings. The normalized spacial score (nSPS) is 21.6. The van der Waals surface area contributed by atoms with E-state index in [2.05, 4.69) is 26.0 Å². The highest BCUT2D eigenvalue weighted by atomic mass is 32.1. The van der Waals surface area contributed by atoms with Crippen molar-refractivity contribution in [3.8, 4) is 10.6 Å². The van der Waals surface area contributed by atoms with Gasteiger partial charge in [-0.1, -0.05) is 17.4 Å². The predicted molar refractivity (Wildman–Crippen MR) is 148 cm³/mol. The lowest BCUT2D eigenvalue weighted by molar-refractivity contribution is -0.0987. The summed E-state index contributed by atoms with van der Waals surface area (Å²) in [5.74, 6) is -2.52. The van der Waals surface area contributed by atoms with Gasteiger partial charge in [-0.3, -0.25) is 14.8 Å². The SMILES string of the molecule is Cn1ncc(NC(=O)c2nc(-c3c(F)cccc3F)sc2NC(=O)OC(C)(C)C)c1C12CCC(NC(=O)O)C(CC1)O2. The molecular formula is C27H30F2N6O6S. The zero-order chi connectivity index (χ0) is 30.4. The van der Waals surface area contributed by atoms with E-state index in [1.54, 1.807) is 32.5 Å². The zero-order valence-corrected chi connectivity index (χ0v) is 24.1. The van der Waals surface area contributed by atoms with Crippen LogP contribution in [0.1, 0.15) is 62.6 Å². The third-order valence-corrected chi connectivity index (χ3v) is 8.07. The largest absolute Gasteiger partial charge is 0.465 e. The van der Waals surface area contributed by atoms with Gasteiger partial charge in [0.05, 0.1) is 35.3 Å². The van der Waals surface area contributed by atoms with E-state index in [0.717, 1.165) is 23.5 Å². The van der Waals surface area contributed by atoms with Gasteiger partial charge in [-0.2, -0.15) is 5.10 Å². The van der Waals surface area contributed by atoms with Crippen LogP contribution in [0, 0.1) is 11.6 Å². The number of carbonyl (C=O) groups is 3. The average molecular weight is 605 g/mol. The zero-order valence-electron chi connectivity index (χ0n) is 23.3. The number of hydrogen-bond acceptors (Lipinski definition) is 8. The van der Waals surface area contributed by atoms with Crippen LogP contribution in [0.3, 0.4) is 0 Å². The number of rotatable bonds is 6. The molecule has 0 radical (unpaired) electrons. The minimum Gasteiger partial charge on any atom is -0.465 e. The van der Waals surface area contributed by atoms with Crippen molar-refractivity contribution in [2.75, 3.05) is 10.6 Å². The number of aromatic nitrogens is 3. The number of anilines is 2. The molecule has 2 aliphatic rings. The van der Waals surface area contributed by atoms with Crippen LogP contribution in [-0.4, -0.2) is 55.7 Å². The molecule has 0 aliphatic carbocycles. The maximum absolute atomic E-state index is 14.6. The number of carbonyl (C=O) groups excluding carboxylic acids is 2. The number of benzene rings is 1. The Balaban J connectivity index is 1.46. The van der Waals surface area contributed by atoms with E-state index in [4.69, 9.17) is 14.6 Å². The second-order valence-electron chi connectivity index (χ2n) is 11.2. The number of carboxylic acid groups (broad SMARTS) is 1. The summed E-state index contributed by atoms with van der Waals surface area (Å²) in [5, 5.41) is 21.0. The second-order valence-corrected chi connectivity index (χ2v) is 12.2. The van der Waals surface area contributed by atoms with Gasteiger partial charge in [-0.25, -0.2) is 23.4 Å². The second kappa shape index (κ2) is 10.9. The molecule has 0 saturated carbocycles. The maximum Gasteiger partial charge on any atom is 0.412 e. The lowest BCUT2D eigenvalue weighted by Gasteiger charge is -2.38. The van der Waals surface area contributed by atoms with E-state index in [1.807, 2.05) is 0 Å².